The van der Waals surface area contributed by atoms with Gasteiger partial charge in [0, 0.05) is 11.3 Å². The normalized spacial score (nSPS) is 16.5. The Morgan fingerprint density at radius 1 is 0.795 bits per heavy atom. The number of nitrogens with zero attached hydrogens (tertiary/aromatic N) is 1. The van der Waals surface area contributed by atoms with Gasteiger partial charge in [0.15, 0.2) is 0 Å². The smallest absolute Gasteiger partial charge is 0.300 e. The molecule has 4 aromatic rings. The van der Waals surface area contributed by atoms with Crippen LogP contribution in [0.5, 0.6) is 17.2 Å². The average Bonchev–Trinajstić information content (AvgIpc) is 3.19. The number of benzene rings is 4. The van der Waals surface area contributed by atoms with Crippen molar-refractivity contribution in [2.45, 2.75) is 32.9 Å². The molecule has 1 atom stereocenters. The van der Waals surface area contributed by atoms with Gasteiger partial charge in [-0.2, -0.15) is 0 Å². The first kappa shape index (κ1) is 25.8. The van der Waals surface area contributed by atoms with Crippen LogP contribution in [0.25, 0.3) is 5.76 Å². The van der Waals surface area contributed by atoms with Gasteiger partial charge in [-0.15, -0.1) is 0 Å². The summed E-state index contributed by atoms with van der Waals surface area (Å²) in [5.41, 5.74) is 2.62. The van der Waals surface area contributed by atoms with E-state index in [2.05, 4.69) is 0 Å². The number of amides is 1. The molecular weight excluding hydrogens is 490 g/mol. The molecule has 0 aliphatic carbocycles. The minimum Gasteiger partial charge on any atom is -0.507 e. The maximum absolute atomic E-state index is 13.5. The summed E-state index contributed by atoms with van der Waals surface area (Å²) in [4.78, 5) is 28.4. The first-order chi connectivity index (χ1) is 18.8. The standard InChI is InChI=1S/C33H29NO5/c1-21(2)38-28-14-8-11-24(20-28)31(35)29-30(23-10-7-9-22(3)19-23)34(33(37)32(29)36)25-15-17-27(18-16-25)39-26-12-5-4-6-13-26/h4-21,30,35H,1-3H3/b31-29-. The minimum atomic E-state index is -0.819. The highest BCUT2D eigenvalue weighted by Gasteiger charge is 2.47. The van der Waals surface area contributed by atoms with Crippen LogP contribution in [0.1, 0.15) is 36.6 Å². The molecule has 0 spiro atoms. The summed E-state index contributed by atoms with van der Waals surface area (Å²) in [5, 5.41) is 11.4. The third kappa shape index (κ3) is 5.41. The maximum Gasteiger partial charge on any atom is 0.300 e. The second-order valence-corrected chi connectivity index (χ2v) is 9.69. The van der Waals surface area contributed by atoms with Gasteiger partial charge >= 0.3 is 0 Å². The van der Waals surface area contributed by atoms with E-state index in [0.717, 1.165) is 11.1 Å². The Labute approximate surface area is 227 Å². The molecule has 5 rings (SSSR count). The van der Waals surface area contributed by atoms with E-state index in [4.69, 9.17) is 9.47 Å². The zero-order valence-corrected chi connectivity index (χ0v) is 22.0. The van der Waals surface area contributed by atoms with Crippen LogP contribution in [0.15, 0.2) is 109 Å². The number of anilines is 1. The van der Waals surface area contributed by atoms with Crippen molar-refractivity contribution in [3.8, 4) is 17.2 Å². The maximum atomic E-state index is 13.5. The Morgan fingerprint density at radius 3 is 2.15 bits per heavy atom. The number of aliphatic hydroxyl groups excluding tert-OH is 1. The first-order valence-electron chi connectivity index (χ1n) is 12.8. The van der Waals surface area contributed by atoms with Crippen LogP contribution >= 0.6 is 0 Å². The first-order valence-corrected chi connectivity index (χ1v) is 12.8. The molecule has 1 unspecified atom stereocenters. The van der Waals surface area contributed by atoms with E-state index < -0.39 is 17.7 Å². The zero-order chi connectivity index (χ0) is 27.5. The molecule has 1 aliphatic rings. The molecule has 6 nitrogen and oxygen atoms in total. The summed E-state index contributed by atoms with van der Waals surface area (Å²) in [6.07, 6.45) is -0.0610. The van der Waals surface area contributed by atoms with Crippen LogP contribution < -0.4 is 14.4 Å². The zero-order valence-electron chi connectivity index (χ0n) is 22.0. The average molecular weight is 520 g/mol. The minimum absolute atomic E-state index is 0.0249. The molecule has 1 saturated heterocycles. The van der Waals surface area contributed by atoms with Gasteiger partial charge in [0.1, 0.15) is 23.0 Å². The van der Waals surface area contributed by atoms with E-state index in [-0.39, 0.29) is 17.4 Å². The van der Waals surface area contributed by atoms with Crippen LogP contribution in [0, 0.1) is 6.92 Å². The molecule has 0 bridgehead atoms. The number of aliphatic hydroxyl groups is 1. The number of Topliss-reactive ketones (excluding diaryl/α,β-unsaturated/α-hetero) is 1. The fraction of sp³-hybridized carbons (Fsp3) is 0.152. The molecule has 0 radical (unpaired) electrons. The number of hydrogen-bond donors (Lipinski definition) is 1. The summed E-state index contributed by atoms with van der Waals surface area (Å²) in [6.45, 7) is 5.76. The summed E-state index contributed by atoms with van der Waals surface area (Å²) in [5.74, 6) is 0.128. The van der Waals surface area contributed by atoms with Crippen molar-refractivity contribution in [1.29, 1.82) is 0 Å². The largest absolute Gasteiger partial charge is 0.507 e. The number of hydrogen-bond acceptors (Lipinski definition) is 5. The molecule has 0 saturated carbocycles. The lowest BCUT2D eigenvalue weighted by molar-refractivity contribution is -0.132. The number of ketones is 1. The summed E-state index contributed by atoms with van der Waals surface area (Å²) in [6, 6.07) is 30.0. The van der Waals surface area contributed by atoms with Crippen molar-refractivity contribution in [3.63, 3.8) is 0 Å². The molecule has 1 N–H and O–H groups in total. The van der Waals surface area contributed by atoms with Gasteiger partial charge < -0.3 is 14.6 Å². The van der Waals surface area contributed by atoms with E-state index in [1.807, 2.05) is 75.4 Å². The summed E-state index contributed by atoms with van der Waals surface area (Å²) in [7, 11) is 0. The molecule has 196 valence electrons. The molecule has 1 fully saturated rings. The highest BCUT2D eigenvalue weighted by atomic mass is 16.5. The highest BCUT2D eigenvalue weighted by molar-refractivity contribution is 6.51. The second kappa shape index (κ2) is 10.9. The highest BCUT2D eigenvalue weighted by Crippen LogP contribution is 2.43. The third-order valence-corrected chi connectivity index (χ3v) is 6.38. The quantitative estimate of drug-likeness (QED) is 0.159. The number of carbonyl (C=O) groups excluding carboxylic acids is 2. The molecule has 1 heterocycles. The van der Waals surface area contributed by atoms with Gasteiger partial charge in [0.25, 0.3) is 11.7 Å². The molecule has 1 amide bonds. The lowest BCUT2D eigenvalue weighted by Crippen LogP contribution is -2.29. The Bertz CT molecular complexity index is 1540. The topological polar surface area (TPSA) is 76.1 Å². The Hall–Kier alpha value is -4.84. The molecule has 4 aromatic carbocycles. The number of ether oxygens (including phenoxy) is 2. The Balaban J connectivity index is 1.58. The van der Waals surface area contributed by atoms with Crippen LogP contribution in [0.3, 0.4) is 0 Å². The fourth-order valence-corrected chi connectivity index (χ4v) is 4.70. The Morgan fingerprint density at radius 2 is 1.46 bits per heavy atom. The van der Waals surface area contributed by atoms with Crippen molar-refractivity contribution in [3.05, 3.63) is 125 Å². The molecule has 1 aliphatic heterocycles. The van der Waals surface area contributed by atoms with Crippen LogP contribution in [0.4, 0.5) is 5.69 Å². The van der Waals surface area contributed by atoms with E-state index in [1.54, 1.807) is 48.5 Å². The molecule has 0 aromatic heterocycles. The van der Waals surface area contributed by atoms with E-state index in [1.165, 1.54) is 4.90 Å². The van der Waals surface area contributed by atoms with Gasteiger partial charge in [-0.3, -0.25) is 14.5 Å². The van der Waals surface area contributed by atoms with E-state index in [9.17, 15) is 14.7 Å². The summed E-state index contributed by atoms with van der Waals surface area (Å²) < 4.78 is 11.7. The summed E-state index contributed by atoms with van der Waals surface area (Å²) >= 11 is 0. The Kier molecular flexibility index (Phi) is 7.19. The van der Waals surface area contributed by atoms with Gasteiger partial charge in [0.2, 0.25) is 0 Å². The van der Waals surface area contributed by atoms with Crippen molar-refractivity contribution < 1.29 is 24.2 Å². The second-order valence-electron chi connectivity index (χ2n) is 9.69. The SMILES string of the molecule is Cc1cccc(C2/C(=C(/O)c3cccc(OC(C)C)c3)C(=O)C(=O)N2c2ccc(Oc3ccccc3)cc2)c1. The van der Waals surface area contributed by atoms with Crippen molar-refractivity contribution >= 4 is 23.1 Å². The lowest BCUT2D eigenvalue weighted by atomic mass is 9.94. The van der Waals surface area contributed by atoms with Gasteiger partial charge in [0.05, 0.1) is 17.7 Å². The van der Waals surface area contributed by atoms with Crippen molar-refractivity contribution in [1.82, 2.24) is 0 Å². The number of para-hydroxylation sites is 1. The van der Waals surface area contributed by atoms with Crippen LogP contribution in [-0.4, -0.2) is 22.9 Å². The lowest BCUT2D eigenvalue weighted by Gasteiger charge is -2.26. The fourth-order valence-electron chi connectivity index (χ4n) is 4.70. The van der Waals surface area contributed by atoms with Crippen molar-refractivity contribution in [2.75, 3.05) is 4.90 Å². The van der Waals surface area contributed by atoms with Crippen LogP contribution in [-0.2, 0) is 9.59 Å². The van der Waals surface area contributed by atoms with Crippen LogP contribution in [0.2, 0.25) is 0 Å². The van der Waals surface area contributed by atoms with E-state index >= 15 is 0 Å². The molecule has 6 heteroatoms. The number of aryl methyl sites for hydroxylation is 1. The van der Waals surface area contributed by atoms with Gasteiger partial charge in [-0.1, -0.05) is 60.2 Å². The third-order valence-electron chi connectivity index (χ3n) is 6.38. The molecular formula is C33H29NO5. The molecule has 39 heavy (non-hydrogen) atoms. The van der Waals surface area contributed by atoms with Gasteiger partial charge in [-0.25, -0.2) is 0 Å². The van der Waals surface area contributed by atoms with Gasteiger partial charge in [-0.05, 0) is 74.9 Å². The predicted molar refractivity (Wildman–Crippen MR) is 151 cm³/mol. The number of rotatable bonds is 7. The van der Waals surface area contributed by atoms with E-state index in [0.29, 0.717) is 28.5 Å². The monoisotopic (exact) mass is 519 g/mol. The van der Waals surface area contributed by atoms with Crippen molar-refractivity contribution in [2.24, 2.45) is 0 Å². The number of carbonyl (C=O) groups is 2. The predicted octanol–water partition coefficient (Wildman–Crippen LogP) is 7.20.